The molecular formula is C34H21N3O. The number of para-hydroxylation sites is 2. The van der Waals surface area contributed by atoms with Gasteiger partial charge in [-0.3, -0.25) is 0 Å². The van der Waals surface area contributed by atoms with Gasteiger partial charge in [-0.2, -0.15) is 0 Å². The average Bonchev–Trinajstić information content (AvgIpc) is 3.50. The SMILES string of the molecule is c1ccc(-c2cccc(Oc3cc4c5cccc6c7ccccc7n(c4c(-c4ccccc4)n3)c65)n2)cc1. The smallest absolute Gasteiger partial charge is 0.222 e. The summed E-state index contributed by atoms with van der Waals surface area (Å²) in [6, 6.07) is 43.5. The van der Waals surface area contributed by atoms with Crippen LogP contribution in [0.1, 0.15) is 0 Å². The van der Waals surface area contributed by atoms with Crippen LogP contribution >= 0.6 is 0 Å². The Morgan fingerprint density at radius 1 is 0.474 bits per heavy atom. The topological polar surface area (TPSA) is 39.4 Å². The van der Waals surface area contributed by atoms with Gasteiger partial charge in [0.2, 0.25) is 11.8 Å². The van der Waals surface area contributed by atoms with Gasteiger partial charge in [-0.1, -0.05) is 103 Å². The Hall–Kier alpha value is -5.22. The Kier molecular flexibility index (Phi) is 4.49. The van der Waals surface area contributed by atoms with Crippen molar-refractivity contribution in [3.8, 4) is 34.3 Å². The third-order valence-corrected chi connectivity index (χ3v) is 7.23. The van der Waals surface area contributed by atoms with E-state index in [1.807, 2.05) is 66.7 Å². The molecule has 4 nitrogen and oxygen atoms in total. The monoisotopic (exact) mass is 487 g/mol. The highest BCUT2D eigenvalue weighted by Gasteiger charge is 2.22. The predicted octanol–water partition coefficient (Wildman–Crippen LogP) is 8.75. The fraction of sp³-hybridized carbons (Fsp3) is 0. The number of benzene rings is 4. The van der Waals surface area contributed by atoms with E-state index in [0.29, 0.717) is 11.8 Å². The summed E-state index contributed by atoms with van der Waals surface area (Å²) in [6.45, 7) is 0. The van der Waals surface area contributed by atoms with Gasteiger partial charge in [-0.15, -0.1) is 0 Å². The molecule has 4 heteroatoms. The molecule has 8 aromatic rings. The van der Waals surface area contributed by atoms with E-state index in [9.17, 15) is 0 Å². The molecule has 0 N–H and O–H groups in total. The Morgan fingerprint density at radius 2 is 1.13 bits per heavy atom. The van der Waals surface area contributed by atoms with Gasteiger partial charge < -0.3 is 9.14 Å². The molecule has 38 heavy (non-hydrogen) atoms. The second-order valence-corrected chi connectivity index (χ2v) is 9.45. The molecule has 0 aliphatic rings. The Labute approximate surface area is 218 Å². The minimum atomic E-state index is 0.513. The van der Waals surface area contributed by atoms with Crippen molar-refractivity contribution in [3.05, 3.63) is 127 Å². The van der Waals surface area contributed by atoms with Crippen LogP contribution in [-0.2, 0) is 0 Å². The molecule has 0 radical (unpaired) electrons. The molecule has 0 saturated carbocycles. The Morgan fingerprint density at radius 3 is 1.95 bits per heavy atom. The van der Waals surface area contributed by atoms with Crippen molar-refractivity contribution < 1.29 is 4.74 Å². The highest BCUT2D eigenvalue weighted by atomic mass is 16.5. The van der Waals surface area contributed by atoms with E-state index < -0.39 is 0 Å². The minimum Gasteiger partial charge on any atom is -0.421 e. The van der Waals surface area contributed by atoms with Crippen LogP contribution in [0.25, 0.3) is 60.6 Å². The minimum absolute atomic E-state index is 0.513. The predicted molar refractivity (Wildman–Crippen MR) is 154 cm³/mol. The molecule has 4 aromatic heterocycles. The second-order valence-electron chi connectivity index (χ2n) is 9.45. The lowest BCUT2D eigenvalue weighted by atomic mass is 10.1. The Balaban J connectivity index is 1.39. The maximum absolute atomic E-state index is 6.36. The summed E-state index contributed by atoms with van der Waals surface area (Å²) in [5.74, 6) is 1.03. The van der Waals surface area contributed by atoms with Gasteiger partial charge in [-0.05, 0) is 12.1 Å². The molecule has 0 spiro atoms. The van der Waals surface area contributed by atoms with E-state index in [2.05, 4.69) is 65.1 Å². The maximum Gasteiger partial charge on any atom is 0.222 e. The van der Waals surface area contributed by atoms with E-state index >= 15 is 0 Å². The first kappa shape index (κ1) is 20.9. The van der Waals surface area contributed by atoms with Crippen LogP contribution in [0.4, 0.5) is 0 Å². The first-order valence-electron chi connectivity index (χ1n) is 12.7. The van der Waals surface area contributed by atoms with E-state index in [1.54, 1.807) is 0 Å². The van der Waals surface area contributed by atoms with Gasteiger partial charge in [0.05, 0.1) is 27.9 Å². The molecule has 4 aromatic carbocycles. The third kappa shape index (κ3) is 3.10. The molecule has 0 fully saturated rings. The van der Waals surface area contributed by atoms with Crippen molar-refractivity contribution in [1.29, 1.82) is 0 Å². The van der Waals surface area contributed by atoms with Crippen molar-refractivity contribution in [3.63, 3.8) is 0 Å². The third-order valence-electron chi connectivity index (χ3n) is 7.23. The van der Waals surface area contributed by atoms with Crippen molar-refractivity contribution in [2.45, 2.75) is 0 Å². The number of ether oxygens (including phenoxy) is 1. The largest absolute Gasteiger partial charge is 0.421 e. The molecule has 0 bridgehead atoms. The first-order chi connectivity index (χ1) is 18.8. The zero-order valence-electron chi connectivity index (χ0n) is 20.4. The molecule has 0 unspecified atom stereocenters. The number of nitrogens with zero attached hydrogens (tertiary/aromatic N) is 3. The molecule has 178 valence electrons. The Bertz CT molecular complexity index is 2100. The van der Waals surface area contributed by atoms with Crippen molar-refractivity contribution in [1.82, 2.24) is 14.4 Å². The van der Waals surface area contributed by atoms with Crippen LogP contribution in [-0.4, -0.2) is 14.4 Å². The molecule has 8 rings (SSSR count). The van der Waals surface area contributed by atoms with Crippen LogP contribution in [0.5, 0.6) is 11.8 Å². The van der Waals surface area contributed by atoms with Crippen LogP contribution in [0.15, 0.2) is 127 Å². The summed E-state index contributed by atoms with van der Waals surface area (Å²) in [5.41, 5.74) is 7.31. The van der Waals surface area contributed by atoms with Crippen LogP contribution in [0, 0.1) is 0 Å². The fourth-order valence-corrected chi connectivity index (χ4v) is 5.61. The summed E-state index contributed by atoms with van der Waals surface area (Å²) in [6.07, 6.45) is 0. The van der Waals surface area contributed by atoms with Gasteiger partial charge in [0.25, 0.3) is 0 Å². The zero-order chi connectivity index (χ0) is 25.1. The standard InChI is InChI=1S/C34H21N3O/c1-3-11-22(12-4-1)28-18-10-20-30(35-28)38-31-21-27-26-17-9-16-25-24-15-7-8-19-29(24)37(33(25)26)34(27)32(36-31)23-13-5-2-6-14-23/h1-21H. The molecule has 4 heterocycles. The van der Waals surface area contributed by atoms with Crippen LogP contribution < -0.4 is 4.74 Å². The average molecular weight is 488 g/mol. The molecule has 0 saturated heterocycles. The quantitative estimate of drug-likeness (QED) is 0.249. The number of aromatic nitrogens is 3. The fourth-order valence-electron chi connectivity index (χ4n) is 5.61. The molecule has 0 amide bonds. The highest BCUT2D eigenvalue weighted by Crippen LogP contribution is 2.43. The van der Waals surface area contributed by atoms with Gasteiger partial charge >= 0.3 is 0 Å². The zero-order valence-corrected chi connectivity index (χ0v) is 20.4. The van der Waals surface area contributed by atoms with Crippen molar-refractivity contribution in [2.24, 2.45) is 0 Å². The van der Waals surface area contributed by atoms with Gasteiger partial charge in [0, 0.05) is 44.8 Å². The van der Waals surface area contributed by atoms with Crippen LogP contribution in [0.3, 0.4) is 0 Å². The van der Waals surface area contributed by atoms with E-state index in [-0.39, 0.29) is 0 Å². The normalized spacial score (nSPS) is 11.7. The number of pyridine rings is 2. The van der Waals surface area contributed by atoms with Crippen molar-refractivity contribution >= 4 is 38.1 Å². The summed E-state index contributed by atoms with van der Waals surface area (Å²) in [5, 5.41) is 4.79. The van der Waals surface area contributed by atoms with E-state index in [4.69, 9.17) is 14.7 Å². The maximum atomic E-state index is 6.36. The summed E-state index contributed by atoms with van der Waals surface area (Å²) < 4.78 is 8.72. The van der Waals surface area contributed by atoms with E-state index in [0.717, 1.165) is 33.4 Å². The van der Waals surface area contributed by atoms with E-state index in [1.165, 1.54) is 27.2 Å². The molecule has 0 aliphatic heterocycles. The first-order valence-corrected chi connectivity index (χ1v) is 12.7. The van der Waals surface area contributed by atoms with Crippen molar-refractivity contribution in [2.75, 3.05) is 0 Å². The summed E-state index contributed by atoms with van der Waals surface area (Å²) in [7, 11) is 0. The van der Waals surface area contributed by atoms with Gasteiger partial charge in [0.1, 0.15) is 0 Å². The molecule has 0 atom stereocenters. The highest BCUT2D eigenvalue weighted by molar-refractivity contribution is 6.24. The van der Waals surface area contributed by atoms with Gasteiger partial charge in [-0.25, -0.2) is 9.97 Å². The second kappa shape index (κ2) is 8.15. The number of fused-ring (bicyclic) bond motifs is 6. The molecule has 0 aliphatic carbocycles. The van der Waals surface area contributed by atoms with Crippen LogP contribution in [0.2, 0.25) is 0 Å². The molecular weight excluding hydrogens is 466 g/mol. The van der Waals surface area contributed by atoms with Gasteiger partial charge in [0.15, 0.2) is 0 Å². The lowest BCUT2D eigenvalue weighted by Gasteiger charge is -2.10. The number of rotatable bonds is 4. The number of hydrogen-bond donors (Lipinski definition) is 0. The lowest BCUT2D eigenvalue weighted by Crippen LogP contribution is -1.96. The number of hydrogen-bond acceptors (Lipinski definition) is 3. The lowest BCUT2D eigenvalue weighted by molar-refractivity contribution is 0.447. The summed E-state index contributed by atoms with van der Waals surface area (Å²) in [4.78, 5) is 9.86. The summed E-state index contributed by atoms with van der Waals surface area (Å²) >= 11 is 0.